The number of aromatic amines is 2. The smallest absolute Gasteiger partial charge is 0.0690 e. The number of aromatic nitrogens is 4. The zero-order chi connectivity index (χ0) is 20.3. The highest BCUT2D eigenvalue weighted by Crippen LogP contribution is 2.23. The van der Waals surface area contributed by atoms with E-state index in [-0.39, 0.29) is 0 Å². The number of alkyl halides is 1. The van der Waals surface area contributed by atoms with Crippen LogP contribution in [0.3, 0.4) is 0 Å². The molecule has 30 heavy (non-hydrogen) atoms. The first-order valence-corrected chi connectivity index (χ1v) is 11.5. The first-order chi connectivity index (χ1) is 14.8. The molecule has 3 aromatic rings. The van der Waals surface area contributed by atoms with E-state index in [2.05, 4.69) is 86.6 Å². The van der Waals surface area contributed by atoms with Crippen LogP contribution in [0.15, 0.2) is 42.5 Å². The summed E-state index contributed by atoms with van der Waals surface area (Å²) >= 11 is 3.53. The molecule has 0 fully saturated rings. The minimum atomic E-state index is 0.946. The van der Waals surface area contributed by atoms with Crippen molar-refractivity contribution in [2.45, 2.75) is 25.7 Å². The molecule has 0 aliphatic carbocycles. The van der Waals surface area contributed by atoms with Crippen molar-refractivity contribution in [2.75, 3.05) is 5.33 Å². The molecule has 4 nitrogen and oxygen atoms in total. The lowest BCUT2D eigenvalue weighted by molar-refractivity contribution is 0.724. The maximum absolute atomic E-state index is 4.92. The summed E-state index contributed by atoms with van der Waals surface area (Å²) in [5.74, 6) is 0. The molecule has 0 radical (unpaired) electrons. The van der Waals surface area contributed by atoms with Gasteiger partial charge in [-0.3, -0.25) is 0 Å². The van der Waals surface area contributed by atoms with E-state index in [9.17, 15) is 0 Å². The van der Waals surface area contributed by atoms with Gasteiger partial charge in [-0.15, -0.1) is 0 Å². The lowest BCUT2D eigenvalue weighted by Crippen LogP contribution is -1.92. The topological polar surface area (TPSA) is 57.4 Å². The second kappa shape index (κ2) is 8.44. The lowest BCUT2D eigenvalue weighted by Gasteiger charge is -2.03. The van der Waals surface area contributed by atoms with Crippen molar-refractivity contribution in [3.8, 4) is 0 Å². The third kappa shape index (κ3) is 4.17. The van der Waals surface area contributed by atoms with Crippen molar-refractivity contribution in [3.05, 3.63) is 70.8 Å². The second-order valence-corrected chi connectivity index (χ2v) is 8.45. The van der Waals surface area contributed by atoms with Crippen molar-refractivity contribution in [3.63, 3.8) is 0 Å². The molecular weight excluding hydrogens is 436 g/mol. The fourth-order valence-electron chi connectivity index (χ4n) is 3.90. The molecular formula is C25H23BrN4. The van der Waals surface area contributed by atoms with Crippen LogP contribution in [0.5, 0.6) is 0 Å². The minimum Gasteiger partial charge on any atom is -0.355 e. The van der Waals surface area contributed by atoms with E-state index in [4.69, 9.17) is 9.97 Å². The van der Waals surface area contributed by atoms with E-state index in [0.29, 0.717) is 0 Å². The van der Waals surface area contributed by atoms with Crippen LogP contribution >= 0.6 is 15.9 Å². The van der Waals surface area contributed by atoms with Crippen molar-refractivity contribution in [1.82, 2.24) is 19.9 Å². The number of halogens is 1. The number of nitrogens with zero attached hydrogens (tertiary/aromatic N) is 2. The second-order valence-electron chi connectivity index (χ2n) is 7.66. The summed E-state index contributed by atoms with van der Waals surface area (Å²) < 4.78 is 0. The van der Waals surface area contributed by atoms with Gasteiger partial charge in [0.25, 0.3) is 0 Å². The molecule has 0 unspecified atom stereocenters. The van der Waals surface area contributed by atoms with Crippen molar-refractivity contribution >= 4 is 62.3 Å². The molecule has 2 N–H and O–H groups in total. The number of aryl methyl sites for hydroxylation is 1. The monoisotopic (exact) mass is 458 g/mol. The molecule has 0 saturated carbocycles. The van der Waals surface area contributed by atoms with E-state index < -0.39 is 0 Å². The molecule has 3 aromatic heterocycles. The van der Waals surface area contributed by atoms with Crippen LogP contribution in [-0.4, -0.2) is 25.3 Å². The summed E-state index contributed by atoms with van der Waals surface area (Å²) in [5, 5.41) is 1.06. The van der Waals surface area contributed by atoms with Crippen molar-refractivity contribution in [1.29, 1.82) is 0 Å². The molecule has 8 bridgehead atoms. The molecule has 2 aliphatic rings. The maximum Gasteiger partial charge on any atom is 0.0690 e. The average Bonchev–Trinajstić information content (AvgIpc) is 3.52. The summed E-state index contributed by atoms with van der Waals surface area (Å²) in [6.45, 7) is 0. The third-order valence-electron chi connectivity index (χ3n) is 5.39. The SMILES string of the molecule is BrCCCCCc1c2nc(cc3ccc(cc4nc(cc5ccc1[nH]5)C=C4)[nH]3)C=C2. The van der Waals surface area contributed by atoms with Crippen molar-refractivity contribution < 1.29 is 0 Å². The Labute approximate surface area is 183 Å². The van der Waals surface area contributed by atoms with E-state index in [1.54, 1.807) is 0 Å². The average molecular weight is 459 g/mol. The first-order valence-electron chi connectivity index (χ1n) is 10.4. The Morgan fingerprint density at radius 2 is 1.30 bits per heavy atom. The summed E-state index contributed by atoms with van der Waals surface area (Å²) in [5.41, 5.74) is 9.45. The molecule has 5 rings (SSSR count). The van der Waals surface area contributed by atoms with E-state index >= 15 is 0 Å². The quantitative estimate of drug-likeness (QED) is 0.225. The minimum absolute atomic E-state index is 0.946. The molecule has 0 spiro atoms. The van der Waals surface area contributed by atoms with Gasteiger partial charge in [-0.05, 0) is 86.0 Å². The lowest BCUT2D eigenvalue weighted by atomic mass is 10.1. The van der Waals surface area contributed by atoms with Crippen LogP contribution in [0.25, 0.3) is 46.4 Å². The predicted molar refractivity (Wildman–Crippen MR) is 130 cm³/mol. The number of hydrogen-bond donors (Lipinski definition) is 2. The van der Waals surface area contributed by atoms with Crippen LogP contribution in [-0.2, 0) is 6.42 Å². The van der Waals surface area contributed by atoms with Gasteiger partial charge >= 0.3 is 0 Å². The zero-order valence-electron chi connectivity index (χ0n) is 16.7. The standard InChI is InChI=1S/C25H23BrN4/c26-13-3-1-2-4-23-24-11-9-21(29-24)15-19-7-5-17(27-19)14-18-6-8-20(28-18)16-22-10-12-25(23)30-22/h5-12,14-16,27,30H,1-4,13H2. The summed E-state index contributed by atoms with van der Waals surface area (Å²) in [7, 11) is 0. The van der Waals surface area contributed by atoms with Crippen LogP contribution < -0.4 is 0 Å². The number of unbranched alkanes of at least 4 members (excludes halogenated alkanes) is 2. The van der Waals surface area contributed by atoms with Crippen LogP contribution in [0.1, 0.15) is 47.6 Å². The van der Waals surface area contributed by atoms with Gasteiger partial charge in [-0.1, -0.05) is 22.4 Å². The molecule has 150 valence electrons. The predicted octanol–water partition coefficient (Wildman–Crippen LogP) is 6.76. The fourth-order valence-corrected chi connectivity index (χ4v) is 4.30. The Morgan fingerprint density at radius 3 is 2.03 bits per heavy atom. The number of hydrogen-bond acceptors (Lipinski definition) is 2. The Balaban J connectivity index is 1.72. The van der Waals surface area contributed by atoms with E-state index in [1.807, 2.05) is 6.08 Å². The highest BCUT2D eigenvalue weighted by Gasteiger charge is 2.08. The van der Waals surface area contributed by atoms with Crippen molar-refractivity contribution in [2.24, 2.45) is 0 Å². The number of nitrogens with one attached hydrogen (secondary N) is 2. The summed E-state index contributed by atoms with van der Waals surface area (Å²) in [6, 6.07) is 14.7. The molecule has 5 heterocycles. The Hall–Kier alpha value is -2.92. The number of fused-ring (bicyclic) bond motifs is 8. The normalized spacial score (nSPS) is 12.6. The van der Waals surface area contributed by atoms with Gasteiger partial charge in [0.2, 0.25) is 0 Å². The van der Waals surface area contributed by atoms with E-state index in [1.165, 1.54) is 18.4 Å². The van der Waals surface area contributed by atoms with Crippen LogP contribution in [0, 0.1) is 0 Å². The van der Waals surface area contributed by atoms with Gasteiger partial charge in [0.15, 0.2) is 0 Å². The van der Waals surface area contributed by atoms with Gasteiger partial charge < -0.3 is 9.97 Å². The van der Waals surface area contributed by atoms with Gasteiger partial charge in [0.05, 0.1) is 22.8 Å². The summed E-state index contributed by atoms with van der Waals surface area (Å²) in [4.78, 5) is 16.7. The largest absolute Gasteiger partial charge is 0.355 e. The van der Waals surface area contributed by atoms with Gasteiger partial charge in [-0.2, -0.15) is 0 Å². The molecule has 0 saturated heterocycles. The number of rotatable bonds is 5. The Bertz CT molecular complexity index is 1290. The fraction of sp³-hybridized carbons (Fsp3) is 0.200. The van der Waals surface area contributed by atoms with Gasteiger partial charge in [0.1, 0.15) is 0 Å². The first kappa shape index (κ1) is 19.1. The Morgan fingerprint density at radius 1 is 0.667 bits per heavy atom. The van der Waals surface area contributed by atoms with Gasteiger partial charge in [-0.25, -0.2) is 9.97 Å². The Kier molecular flexibility index (Phi) is 5.37. The number of H-pyrrole nitrogens is 2. The maximum atomic E-state index is 4.92. The zero-order valence-corrected chi connectivity index (χ0v) is 18.2. The molecule has 0 aromatic carbocycles. The van der Waals surface area contributed by atoms with Crippen LogP contribution in [0.2, 0.25) is 0 Å². The molecule has 0 atom stereocenters. The highest BCUT2D eigenvalue weighted by molar-refractivity contribution is 9.09. The molecule has 5 heteroatoms. The van der Waals surface area contributed by atoms with E-state index in [0.717, 1.165) is 63.0 Å². The summed E-state index contributed by atoms with van der Waals surface area (Å²) in [6.07, 6.45) is 12.9. The molecule has 0 amide bonds. The van der Waals surface area contributed by atoms with Gasteiger partial charge in [0, 0.05) is 33.0 Å². The van der Waals surface area contributed by atoms with Crippen LogP contribution in [0.4, 0.5) is 0 Å². The third-order valence-corrected chi connectivity index (χ3v) is 5.95. The molecule has 2 aliphatic heterocycles. The highest BCUT2D eigenvalue weighted by atomic mass is 79.9.